The van der Waals surface area contributed by atoms with Crippen LogP contribution in [0.25, 0.3) is 0 Å². The van der Waals surface area contributed by atoms with E-state index in [1.54, 1.807) is 28.5 Å². The summed E-state index contributed by atoms with van der Waals surface area (Å²) in [5.41, 5.74) is 2.42. The highest BCUT2D eigenvalue weighted by atomic mass is 32.1. The highest BCUT2D eigenvalue weighted by molar-refractivity contribution is 7.09. The smallest absolute Gasteiger partial charge is 0.410 e. The van der Waals surface area contributed by atoms with Gasteiger partial charge in [0.2, 0.25) is 5.91 Å². The van der Waals surface area contributed by atoms with Gasteiger partial charge in [-0.1, -0.05) is 30.3 Å². The van der Waals surface area contributed by atoms with Gasteiger partial charge in [0.25, 0.3) is 0 Å². The molecule has 0 bridgehead atoms. The van der Waals surface area contributed by atoms with Crippen molar-refractivity contribution in [2.45, 2.75) is 39.2 Å². The molecule has 0 unspecified atom stereocenters. The maximum Gasteiger partial charge on any atom is 0.410 e. The highest BCUT2D eigenvalue weighted by Gasteiger charge is 2.26. The first-order valence-corrected chi connectivity index (χ1v) is 12.6. The predicted molar refractivity (Wildman–Crippen MR) is 138 cm³/mol. The highest BCUT2D eigenvalue weighted by Crippen LogP contribution is 2.19. The molecule has 1 aromatic carbocycles. The van der Waals surface area contributed by atoms with E-state index in [-0.39, 0.29) is 18.4 Å². The van der Waals surface area contributed by atoms with E-state index < -0.39 is 5.60 Å². The van der Waals surface area contributed by atoms with E-state index in [0.717, 1.165) is 22.8 Å². The number of piperazine rings is 1. The van der Waals surface area contributed by atoms with Crippen LogP contribution in [0.4, 0.5) is 16.3 Å². The number of ether oxygens (including phenoxy) is 1. The number of rotatable bonds is 6. The molecule has 184 valence electrons. The molecule has 1 aliphatic rings. The minimum Gasteiger partial charge on any atom is -0.444 e. The standard InChI is InChI=1S/C26H31N5O3S/c1-26(2,3)34-25(33)31-13-11-30(12-14-31)21-9-10-22(27-17-21)29-23(32)16-20-18-35-24(28-20)15-19-7-5-4-6-8-19/h4-10,17-18H,11-16H2,1-3H3,(H,27,29,32). The zero-order valence-corrected chi connectivity index (χ0v) is 21.2. The number of hydrogen-bond donors (Lipinski definition) is 1. The summed E-state index contributed by atoms with van der Waals surface area (Å²) in [7, 11) is 0. The van der Waals surface area contributed by atoms with Crippen LogP contribution >= 0.6 is 11.3 Å². The van der Waals surface area contributed by atoms with Crippen LogP contribution < -0.4 is 10.2 Å². The molecular formula is C26H31N5O3S. The van der Waals surface area contributed by atoms with Gasteiger partial charge in [0.1, 0.15) is 11.4 Å². The molecule has 4 rings (SSSR count). The Labute approximate surface area is 210 Å². The summed E-state index contributed by atoms with van der Waals surface area (Å²) < 4.78 is 5.45. The maximum absolute atomic E-state index is 12.5. The van der Waals surface area contributed by atoms with E-state index in [9.17, 15) is 9.59 Å². The van der Waals surface area contributed by atoms with Crippen molar-refractivity contribution in [2.75, 3.05) is 36.4 Å². The van der Waals surface area contributed by atoms with Gasteiger partial charge in [0.15, 0.2) is 0 Å². The Bertz CT molecular complexity index is 1130. The Morgan fingerprint density at radius 3 is 2.46 bits per heavy atom. The number of hydrogen-bond acceptors (Lipinski definition) is 7. The van der Waals surface area contributed by atoms with E-state index in [2.05, 4.69) is 32.3 Å². The van der Waals surface area contributed by atoms with Gasteiger partial charge in [-0.05, 0) is 38.5 Å². The van der Waals surface area contributed by atoms with Gasteiger partial charge in [-0.3, -0.25) is 4.79 Å². The second kappa shape index (κ2) is 10.9. The second-order valence-corrected chi connectivity index (χ2v) is 10.4. The van der Waals surface area contributed by atoms with Crippen LogP contribution in [0, 0.1) is 0 Å². The van der Waals surface area contributed by atoms with Crippen LogP contribution in [0.1, 0.15) is 37.0 Å². The quantitative estimate of drug-likeness (QED) is 0.549. The Hall–Kier alpha value is -3.46. The normalized spacial score (nSPS) is 14.0. The summed E-state index contributed by atoms with van der Waals surface area (Å²) in [6.07, 6.45) is 2.45. The summed E-state index contributed by atoms with van der Waals surface area (Å²) >= 11 is 1.57. The molecule has 2 amide bonds. The minimum atomic E-state index is -0.498. The number of carbonyl (C=O) groups is 2. The summed E-state index contributed by atoms with van der Waals surface area (Å²) in [5, 5.41) is 5.78. The fourth-order valence-electron chi connectivity index (χ4n) is 3.75. The maximum atomic E-state index is 12.5. The molecule has 0 saturated carbocycles. The molecule has 35 heavy (non-hydrogen) atoms. The van der Waals surface area contributed by atoms with Crippen LogP contribution in [-0.4, -0.2) is 58.6 Å². The molecule has 0 atom stereocenters. The first-order chi connectivity index (χ1) is 16.7. The Morgan fingerprint density at radius 2 is 1.80 bits per heavy atom. The SMILES string of the molecule is CC(C)(C)OC(=O)N1CCN(c2ccc(NC(=O)Cc3csc(Cc4ccccc4)n3)nc2)CC1. The molecule has 1 aliphatic heterocycles. The van der Waals surface area contributed by atoms with Gasteiger partial charge in [0, 0.05) is 38.0 Å². The number of amides is 2. The molecule has 1 N–H and O–H groups in total. The third kappa shape index (κ3) is 7.26. The first kappa shape index (κ1) is 24.7. The topological polar surface area (TPSA) is 87.7 Å². The Kier molecular flexibility index (Phi) is 7.65. The van der Waals surface area contributed by atoms with E-state index in [1.165, 1.54) is 5.56 Å². The largest absolute Gasteiger partial charge is 0.444 e. The average molecular weight is 494 g/mol. The fourth-order valence-corrected chi connectivity index (χ4v) is 4.58. The molecule has 3 aromatic rings. The van der Waals surface area contributed by atoms with Crippen LogP contribution in [0.2, 0.25) is 0 Å². The van der Waals surface area contributed by atoms with Crippen molar-refractivity contribution < 1.29 is 14.3 Å². The van der Waals surface area contributed by atoms with E-state index >= 15 is 0 Å². The molecule has 1 saturated heterocycles. The Balaban J connectivity index is 1.24. The minimum absolute atomic E-state index is 0.146. The molecule has 3 heterocycles. The molecule has 0 spiro atoms. The van der Waals surface area contributed by atoms with Gasteiger partial charge in [-0.25, -0.2) is 14.8 Å². The van der Waals surface area contributed by atoms with Crippen molar-refractivity contribution in [1.29, 1.82) is 0 Å². The lowest BCUT2D eigenvalue weighted by molar-refractivity contribution is -0.115. The van der Waals surface area contributed by atoms with Gasteiger partial charge >= 0.3 is 6.09 Å². The lowest BCUT2D eigenvalue weighted by atomic mass is 10.2. The number of anilines is 2. The van der Waals surface area contributed by atoms with Gasteiger partial charge < -0.3 is 19.9 Å². The predicted octanol–water partition coefficient (Wildman–Crippen LogP) is 4.37. The average Bonchev–Trinajstić information content (AvgIpc) is 3.25. The number of nitrogens with one attached hydrogen (secondary N) is 1. The number of benzene rings is 1. The number of carbonyl (C=O) groups excluding carboxylic acids is 2. The van der Waals surface area contributed by atoms with Crippen molar-refractivity contribution in [3.05, 3.63) is 70.3 Å². The number of thiazole rings is 1. The van der Waals surface area contributed by atoms with Crippen molar-refractivity contribution in [2.24, 2.45) is 0 Å². The summed E-state index contributed by atoms with van der Waals surface area (Å²) in [6, 6.07) is 13.9. The zero-order chi connectivity index (χ0) is 24.8. The van der Waals surface area contributed by atoms with Gasteiger partial charge in [-0.2, -0.15) is 0 Å². The van der Waals surface area contributed by atoms with Crippen LogP contribution in [0.15, 0.2) is 54.0 Å². The third-order valence-electron chi connectivity index (χ3n) is 5.45. The van der Waals surface area contributed by atoms with Crippen LogP contribution in [0.5, 0.6) is 0 Å². The zero-order valence-electron chi connectivity index (χ0n) is 20.4. The van der Waals surface area contributed by atoms with Crippen molar-refractivity contribution in [3.63, 3.8) is 0 Å². The van der Waals surface area contributed by atoms with Crippen molar-refractivity contribution in [1.82, 2.24) is 14.9 Å². The Morgan fingerprint density at radius 1 is 1.06 bits per heavy atom. The lowest BCUT2D eigenvalue weighted by Gasteiger charge is -2.36. The number of nitrogens with zero attached hydrogens (tertiary/aromatic N) is 4. The number of aromatic nitrogens is 2. The summed E-state index contributed by atoms with van der Waals surface area (Å²) in [4.78, 5) is 37.6. The third-order valence-corrected chi connectivity index (χ3v) is 6.35. The lowest BCUT2D eigenvalue weighted by Crippen LogP contribution is -2.50. The van der Waals surface area contributed by atoms with E-state index in [1.807, 2.05) is 50.4 Å². The molecule has 0 aliphatic carbocycles. The van der Waals surface area contributed by atoms with Crippen molar-refractivity contribution in [3.8, 4) is 0 Å². The molecule has 1 fully saturated rings. The van der Waals surface area contributed by atoms with Gasteiger partial charge in [0.05, 0.1) is 29.0 Å². The molecule has 8 nitrogen and oxygen atoms in total. The van der Waals surface area contributed by atoms with Crippen LogP contribution in [-0.2, 0) is 22.4 Å². The fraction of sp³-hybridized carbons (Fsp3) is 0.385. The molecule has 0 radical (unpaired) electrons. The summed E-state index contributed by atoms with van der Waals surface area (Å²) in [5.74, 6) is 0.360. The summed E-state index contributed by atoms with van der Waals surface area (Å²) in [6.45, 7) is 8.18. The molecule has 2 aromatic heterocycles. The van der Waals surface area contributed by atoms with E-state index in [0.29, 0.717) is 32.0 Å². The van der Waals surface area contributed by atoms with E-state index in [4.69, 9.17) is 4.74 Å². The molecule has 9 heteroatoms. The van der Waals surface area contributed by atoms with Gasteiger partial charge in [-0.15, -0.1) is 11.3 Å². The van der Waals surface area contributed by atoms with Crippen LogP contribution in [0.3, 0.4) is 0 Å². The van der Waals surface area contributed by atoms with Crippen molar-refractivity contribution >= 4 is 34.8 Å². The second-order valence-electron chi connectivity index (χ2n) is 9.48. The monoisotopic (exact) mass is 493 g/mol. The number of pyridine rings is 1. The molecular weight excluding hydrogens is 462 g/mol. The first-order valence-electron chi connectivity index (χ1n) is 11.7.